The number of pyridine rings is 1. The van der Waals surface area contributed by atoms with E-state index < -0.39 is 17.7 Å². The number of Topliss-reactive ketones (excluding diaryl/α,β-unsaturated/α-hetero) is 1. The van der Waals surface area contributed by atoms with Crippen LogP contribution < -0.4 is 19.1 Å². The van der Waals surface area contributed by atoms with Crippen LogP contribution in [0.4, 0.5) is 5.13 Å². The van der Waals surface area contributed by atoms with Gasteiger partial charge in [0, 0.05) is 6.20 Å². The molecule has 0 radical (unpaired) electrons. The molecule has 1 saturated heterocycles. The Labute approximate surface area is 277 Å². The number of hydrogen-bond acceptors (Lipinski definition) is 9. The number of nitrogens with zero attached hydrogens (tertiary/aromatic N) is 4. The molecule has 0 saturated carbocycles. The first-order valence-electron chi connectivity index (χ1n) is 16.0. The highest BCUT2D eigenvalue weighted by atomic mass is 32.1. The number of carbonyl (C=O) groups excluding carboxylic acids is 2. The Morgan fingerprint density at radius 3 is 2.49 bits per heavy atom. The zero-order valence-corrected chi connectivity index (χ0v) is 28.0. The van der Waals surface area contributed by atoms with E-state index in [1.54, 1.807) is 18.2 Å². The van der Waals surface area contributed by atoms with Gasteiger partial charge in [0.15, 0.2) is 22.4 Å². The Morgan fingerprint density at radius 1 is 0.936 bits per heavy atom. The van der Waals surface area contributed by atoms with Crippen molar-refractivity contribution in [1.82, 2.24) is 14.4 Å². The summed E-state index contributed by atoms with van der Waals surface area (Å²) in [6.07, 6.45) is 4.88. The normalized spacial score (nSPS) is 16.0. The lowest BCUT2D eigenvalue weighted by Crippen LogP contribution is -2.29. The van der Waals surface area contributed by atoms with Gasteiger partial charge in [-0.15, -0.1) is 0 Å². The van der Waals surface area contributed by atoms with E-state index in [0.29, 0.717) is 64.6 Å². The van der Waals surface area contributed by atoms with E-state index in [4.69, 9.17) is 24.2 Å². The number of aliphatic hydroxyl groups excluding tert-OH is 1. The number of aromatic nitrogens is 3. The van der Waals surface area contributed by atoms with Crippen molar-refractivity contribution in [3.63, 3.8) is 0 Å². The number of thiazole rings is 1. The molecule has 3 aromatic heterocycles. The van der Waals surface area contributed by atoms with Crippen molar-refractivity contribution in [2.45, 2.75) is 59.9 Å². The maximum atomic E-state index is 14.0. The smallest absolute Gasteiger partial charge is 0.301 e. The largest absolute Gasteiger partial charge is 0.505 e. The van der Waals surface area contributed by atoms with Gasteiger partial charge < -0.3 is 23.7 Å². The van der Waals surface area contributed by atoms with Gasteiger partial charge in [-0.05, 0) is 81.6 Å². The molecule has 0 bridgehead atoms. The average Bonchev–Trinajstić information content (AvgIpc) is 3.71. The molecule has 0 spiro atoms. The van der Waals surface area contributed by atoms with Gasteiger partial charge in [-0.3, -0.25) is 14.5 Å². The van der Waals surface area contributed by atoms with Crippen LogP contribution in [0.5, 0.6) is 17.2 Å². The molecular weight excluding hydrogens is 616 g/mol. The number of anilines is 1. The standard InChI is InChI=1S/C36H38N4O6S/c1-6-9-10-18-46-26-16-13-23(19-27(26)45-8-3)31-29(32(41)30-22(5)39-17-11-12-21(4)34(39)38-30)33(42)35(43)40(31)36-37-25-15-14-24(44-7-2)20-28(25)47-36/h11-17,19-20,31,41H,6-10,18H2,1-5H3/b32-29+. The number of unbranched alkanes of at least 4 members (excludes halogenated alkanes) is 2. The Balaban J connectivity index is 1.53. The number of benzene rings is 2. The van der Waals surface area contributed by atoms with Crippen molar-refractivity contribution in [3.05, 3.63) is 82.8 Å². The van der Waals surface area contributed by atoms with Gasteiger partial charge in [-0.25, -0.2) is 9.97 Å². The van der Waals surface area contributed by atoms with Crippen LogP contribution in [-0.2, 0) is 9.59 Å². The molecule has 0 aliphatic carbocycles. The fourth-order valence-electron chi connectivity index (χ4n) is 5.89. The highest BCUT2D eigenvalue weighted by molar-refractivity contribution is 7.22. The maximum Gasteiger partial charge on any atom is 0.301 e. The van der Waals surface area contributed by atoms with Crippen molar-refractivity contribution in [2.24, 2.45) is 0 Å². The Bertz CT molecular complexity index is 2010. The van der Waals surface area contributed by atoms with Crippen LogP contribution in [0, 0.1) is 13.8 Å². The second-order valence-electron chi connectivity index (χ2n) is 11.4. The van der Waals surface area contributed by atoms with Crippen LogP contribution in [0.15, 0.2) is 60.3 Å². The Hall–Kier alpha value is -4.90. The second kappa shape index (κ2) is 13.4. The van der Waals surface area contributed by atoms with Crippen molar-refractivity contribution in [1.29, 1.82) is 0 Å². The third-order valence-corrected chi connectivity index (χ3v) is 9.22. The number of ether oxygens (including phenoxy) is 3. The average molecular weight is 655 g/mol. The molecule has 1 atom stereocenters. The predicted octanol–water partition coefficient (Wildman–Crippen LogP) is 7.55. The topological polar surface area (TPSA) is 115 Å². The summed E-state index contributed by atoms with van der Waals surface area (Å²) < 4.78 is 20.4. The quantitative estimate of drug-likeness (QED) is 0.0635. The molecule has 11 heteroatoms. The minimum absolute atomic E-state index is 0.0764. The zero-order chi connectivity index (χ0) is 33.2. The van der Waals surface area contributed by atoms with Crippen LogP contribution in [-0.4, -0.2) is 51.0 Å². The van der Waals surface area contributed by atoms with Gasteiger partial charge in [0.2, 0.25) is 0 Å². The predicted molar refractivity (Wildman–Crippen MR) is 183 cm³/mol. The molecule has 4 heterocycles. The van der Waals surface area contributed by atoms with Crippen LogP contribution >= 0.6 is 11.3 Å². The van der Waals surface area contributed by atoms with Crippen molar-refractivity contribution < 1.29 is 28.9 Å². The number of amides is 1. The van der Waals surface area contributed by atoms with E-state index >= 15 is 0 Å². The van der Waals surface area contributed by atoms with E-state index in [9.17, 15) is 14.7 Å². The number of carbonyl (C=O) groups is 2. The molecule has 1 fully saturated rings. The number of aryl methyl sites for hydroxylation is 2. The number of hydrogen-bond donors (Lipinski definition) is 1. The lowest BCUT2D eigenvalue weighted by atomic mass is 9.96. The zero-order valence-electron chi connectivity index (χ0n) is 27.2. The van der Waals surface area contributed by atoms with E-state index in [1.807, 2.05) is 68.6 Å². The first-order valence-corrected chi connectivity index (χ1v) is 16.8. The number of rotatable bonds is 12. The molecule has 1 N–H and O–H groups in total. The third-order valence-electron chi connectivity index (χ3n) is 8.21. The van der Waals surface area contributed by atoms with E-state index in [1.165, 1.54) is 16.2 Å². The minimum Gasteiger partial charge on any atom is -0.505 e. The summed E-state index contributed by atoms with van der Waals surface area (Å²) >= 11 is 1.27. The van der Waals surface area contributed by atoms with Crippen LogP contribution in [0.2, 0.25) is 0 Å². The molecule has 244 valence electrons. The van der Waals surface area contributed by atoms with Gasteiger partial charge in [-0.2, -0.15) is 0 Å². The van der Waals surface area contributed by atoms with E-state index in [2.05, 4.69) is 6.92 Å². The molecule has 2 aromatic carbocycles. The first-order chi connectivity index (χ1) is 22.8. The van der Waals surface area contributed by atoms with Crippen LogP contribution in [0.1, 0.15) is 68.6 Å². The molecule has 1 aliphatic rings. The van der Waals surface area contributed by atoms with Crippen LogP contribution in [0.3, 0.4) is 0 Å². The summed E-state index contributed by atoms with van der Waals surface area (Å²) in [6, 6.07) is 13.7. The molecule has 1 aliphatic heterocycles. The lowest BCUT2D eigenvalue weighted by molar-refractivity contribution is -0.132. The van der Waals surface area contributed by atoms with Crippen molar-refractivity contribution in [3.8, 4) is 17.2 Å². The van der Waals surface area contributed by atoms with Crippen molar-refractivity contribution >= 4 is 49.8 Å². The molecule has 5 aromatic rings. The summed E-state index contributed by atoms with van der Waals surface area (Å²) in [4.78, 5) is 38.8. The van der Waals surface area contributed by atoms with E-state index in [-0.39, 0.29) is 17.0 Å². The summed E-state index contributed by atoms with van der Waals surface area (Å²) in [5.74, 6) is -0.240. The SMILES string of the molecule is CCCCCOc1ccc(C2/C(=C(\O)c3nc4c(C)cccn4c3C)C(=O)C(=O)N2c2nc3ccc(OCC)cc3s2)cc1OCC. The summed E-state index contributed by atoms with van der Waals surface area (Å²) in [5, 5.41) is 12.2. The molecular formula is C36H38N4O6S. The third kappa shape index (κ3) is 5.91. The molecule has 47 heavy (non-hydrogen) atoms. The number of aliphatic hydroxyl groups is 1. The van der Waals surface area contributed by atoms with Gasteiger partial charge in [0.25, 0.3) is 5.78 Å². The molecule has 1 amide bonds. The summed E-state index contributed by atoms with van der Waals surface area (Å²) in [5.41, 5.74) is 3.57. The van der Waals surface area contributed by atoms with Gasteiger partial charge in [0.1, 0.15) is 17.1 Å². The minimum atomic E-state index is -1.01. The fourth-order valence-corrected chi connectivity index (χ4v) is 6.91. The number of fused-ring (bicyclic) bond motifs is 2. The highest BCUT2D eigenvalue weighted by Crippen LogP contribution is 2.46. The Morgan fingerprint density at radius 2 is 1.74 bits per heavy atom. The second-order valence-corrected chi connectivity index (χ2v) is 12.4. The molecule has 6 rings (SSSR count). The van der Waals surface area contributed by atoms with E-state index in [0.717, 1.165) is 29.5 Å². The number of ketones is 1. The van der Waals surface area contributed by atoms with Gasteiger partial charge in [0.05, 0.1) is 47.3 Å². The van der Waals surface area contributed by atoms with Gasteiger partial charge >= 0.3 is 5.91 Å². The molecule has 1 unspecified atom stereocenters. The highest BCUT2D eigenvalue weighted by Gasteiger charge is 2.49. The van der Waals surface area contributed by atoms with Crippen LogP contribution in [0.25, 0.3) is 21.6 Å². The monoisotopic (exact) mass is 654 g/mol. The summed E-state index contributed by atoms with van der Waals surface area (Å²) in [7, 11) is 0. The fraction of sp³-hybridized carbons (Fsp3) is 0.333. The Kier molecular flexibility index (Phi) is 9.17. The number of imidazole rings is 1. The lowest BCUT2D eigenvalue weighted by Gasteiger charge is -2.24. The maximum absolute atomic E-state index is 14.0. The molecule has 10 nitrogen and oxygen atoms in total. The summed E-state index contributed by atoms with van der Waals surface area (Å²) in [6.45, 7) is 11.1. The van der Waals surface area contributed by atoms with Gasteiger partial charge in [-0.1, -0.05) is 43.2 Å². The van der Waals surface area contributed by atoms with Crippen molar-refractivity contribution in [2.75, 3.05) is 24.7 Å². The first kappa shape index (κ1) is 32.1.